The summed E-state index contributed by atoms with van der Waals surface area (Å²) in [5, 5.41) is 2.83. The Kier molecular flexibility index (Phi) is 2.71. The summed E-state index contributed by atoms with van der Waals surface area (Å²) in [5.74, 6) is 0.518. The maximum Gasteiger partial charge on any atom is 0.244 e. The SMILES string of the molecule is C=CC(=O)NC(C)(C)c1nc2ccccc2[nH]1. The van der Waals surface area contributed by atoms with Gasteiger partial charge in [0.05, 0.1) is 16.6 Å². The van der Waals surface area contributed by atoms with Crippen LogP contribution in [-0.4, -0.2) is 15.9 Å². The van der Waals surface area contributed by atoms with Gasteiger partial charge in [0.25, 0.3) is 0 Å². The molecule has 0 radical (unpaired) electrons. The number of rotatable bonds is 3. The van der Waals surface area contributed by atoms with Crippen molar-refractivity contribution in [3.8, 4) is 0 Å². The van der Waals surface area contributed by atoms with E-state index >= 15 is 0 Å². The van der Waals surface area contributed by atoms with Gasteiger partial charge in [-0.3, -0.25) is 4.79 Å². The van der Waals surface area contributed by atoms with Gasteiger partial charge < -0.3 is 10.3 Å². The molecule has 0 saturated carbocycles. The van der Waals surface area contributed by atoms with Crippen LogP contribution in [-0.2, 0) is 10.3 Å². The number of amides is 1. The van der Waals surface area contributed by atoms with Crippen LogP contribution in [0.5, 0.6) is 0 Å². The van der Waals surface area contributed by atoms with Gasteiger partial charge in [-0.1, -0.05) is 18.7 Å². The zero-order chi connectivity index (χ0) is 12.5. The van der Waals surface area contributed by atoms with Crippen molar-refractivity contribution in [3.63, 3.8) is 0 Å². The smallest absolute Gasteiger partial charge is 0.244 e. The summed E-state index contributed by atoms with van der Waals surface area (Å²) in [6.07, 6.45) is 1.25. The molecule has 1 amide bonds. The van der Waals surface area contributed by atoms with E-state index in [0.29, 0.717) is 0 Å². The molecule has 0 atom stereocenters. The third-order valence-electron chi connectivity index (χ3n) is 2.60. The first-order valence-corrected chi connectivity index (χ1v) is 5.43. The highest BCUT2D eigenvalue weighted by atomic mass is 16.1. The molecule has 2 aromatic rings. The molecule has 0 bridgehead atoms. The molecule has 0 spiro atoms. The summed E-state index contributed by atoms with van der Waals surface area (Å²) >= 11 is 0. The second-order valence-electron chi connectivity index (χ2n) is 4.42. The predicted octanol–water partition coefficient (Wildman–Crippen LogP) is 2.10. The zero-order valence-electron chi connectivity index (χ0n) is 9.95. The van der Waals surface area contributed by atoms with Crippen LogP contribution in [0.25, 0.3) is 11.0 Å². The van der Waals surface area contributed by atoms with E-state index in [-0.39, 0.29) is 5.91 Å². The molecule has 0 unspecified atom stereocenters. The minimum absolute atomic E-state index is 0.213. The Balaban J connectivity index is 2.38. The van der Waals surface area contributed by atoms with Crippen molar-refractivity contribution in [1.82, 2.24) is 15.3 Å². The molecule has 2 rings (SSSR count). The average Bonchev–Trinajstić information content (AvgIpc) is 2.72. The first kappa shape index (κ1) is 11.4. The fourth-order valence-corrected chi connectivity index (χ4v) is 1.67. The molecule has 1 heterocycles. The third kappa shape index (κ3) is 2.20. The Morgan fingerprint density at radius 3 is 2.82 bits per heavy atom. The summed E-state index contributed by atoms with van der Waals surface area (Å²) in [6, 6.07) is 7.76. The number of carbonyl (C=O) groups is 1. The zero-order valence-corrected chi connectivity index (χ0v) is 9.95. The van der Waals surface area contributed by atoms with E-state index in [2.05, 4.69) is 21.9 Å². The summed E-state index contributed by atoms with van der Waals surface area (Å²) in [7, 11) is 0. The first-order chi connectivity index (χ1) is 8.03. The summed E-state index contributed by atoms with van der Waals surface area (Å²) in [6.45, 7) is 7.23. The normalized spacial score (nSPS) is 11.4. The maximum absolute atomic E-state index is 11.3. The molecule has 88 valence electrons. The third-order valence-corrected chi connectivity index (χ3v) is 2.60. The number of aromatic amines is 1. The van der Waals surface area contributed by atoms with Crippen LogP contribution >= 0.6 is 0 Å². The van der Waals surface area contributed by atoms with Crippen LogP contribution in [0.4, 0.5) is 0 Å². The first-order valence-electron chi connectivity index (χ1n) is 5.43. The quantitative estimate of drug-likeness (QED) is 0.792. The molecule has 17 heavy (non-hydrogen) atoms. The minimum Gasteiger partial charge on any atom is -0.340 e. The Labute approximate surface area is 99.8 Å². The highest BCUT2D eigenvalue weighted by Crippen LogP contribution is 2.20. The van der Waals surface area contributed by atoms with E-state index in [4.69, 9.17) is 0 Å². The van der Waals surface area contributed by atoms with E-state index in [1.807, 2.05) is 38.1 Å². The molecule has 0 aliphatic carbocycles. The van der Waals surface area contributed by atoms with Gasteiger partial charge in [0, 0.05) is 0 Å². The number of imidazole rings is 1. The van der Waals surface area contributed by atoms with Crippen molar-refractivity contribution in [3.05, 3.63) is 42.7 Å². The van der Waals surface area contributed by atoms with Crippen LogP contribution < -0.4 is 5.32 Å². The highest BCUT2D eigenvalue weighted by molar-refractivity contribution is 5.87. The van der Waals surface area contributed by atoms with Crippen LogP contribution in [0, 0.1) is 0 Å². The van der Waals surface area contributed by atoms with Crippen molar-refractivity contribution in [2.75, 3.05) is 0 Å². The number of carbonyl (C=O) groups excluding carboxylic acids is 1. The van der Waals surface area contributed by atoms with Crippen LogP contribution in [0.1, 0.15) is 19.7 Å². The fraction of sp³-hybridized carbons (Fsp3) is 0.231. The van der Waals surface area contributed by atoms with Crippen LogP contribution in [0.2, 0.25) is 0 Å². The molecule has 0 saturated heterocycles. The van der Waals surface area contributed by atoms with Crippen LogP contribution in [0.15, 0.2) is 36.9 Å². The Morgan fingerprint density at radius 2 is 2.18 bits per heavy atom. The van der Waals surface area contributed by atoms with E-state index < -0.39 is 5.54 Å². The minimum atomic E-state index is -0.551. The Bertz CT molecular complexity index is 536. The van der Waals surface area contributed by atoms with Crippen molar-refractivity contribution in [1.29, 1.82) is 0 Å². The molecule has 0 aliphatic heterocycles. The molecule has 0 aliphatic rings. The number of para-hydroxylation sites is 2. The van der Waals surface area contributed by atoms with Gasteiger partial charge in [0.2, 0.25) is 5.91 Å². The lowest BCUT2D eigenvalue weighted by atomic mass is 10.1. The highest BCUT2D eigenvalue weighted by Gasteiger charge is 2.25. The molecule has 0 fully saturated rings. The van der Waals surface area contributed by atoms with Gasteiger partial charge in [-0.2, -0.15) is 0 Å². The maximum atomic E-state index is 11.3. The predicted molar refractivity (Wildman–Crippen MR) is 67.5 cm³/mol. The Morgan fingerprint density at radius 1 is 1.47 bits per heavy atom. The lowest BCUT2D eigenvalue weighted by Crippen LogP contribution is -2.40. The summed E-state index contributed by atoms with van der Waals surface area (Å²) in [4.78, 5) is 19.0. The average molecular weight is 229 g/mol. The van der Waals surface area contributed by atoms with E-state index in [9.17, 15) is 4.79 Å². The van der Waals surface area contributed by atoms with Crippen LogP contribution in [0.3, 0.4) is 0 Å². The number of fused-ring (bicyclic) bond motifs is 1. The molecule has 1 aromatic heterocycles. The number of aromatic nitrogens is 2. The second-order valence-corrected chi connectivity index (χ2v) is 4.42. The molecule has 4 nitrogen and oxygen atoms in total. The van der Waals surface area contributed by atoms with Gasteiger partial charge in [0.1, 0.15) is 5.82 Å². The number of hydrogen-bond donors (Lipinski definition) is 2. The molecule has 4 heteroatoms. The van der Waals surface area contributed by atoms with Gasteiger partial charge in [0.15, 0.2) is 0 Å². The van der Waals surface area contributed by atoms with Crippen molar-refractivity contribution in [2.45, 2.75) is 19.4 Å². The summed E-state index contributed by atoms with van der Waals surface area (Å²) < 4.78 is 0. The van der Waals surface area contributed by atoms with E-state index in [1.54, 1.807) is 0 Å². The van der Waals surface area contributed by atoms with Crippen molar-refractivity contribution >= 4 is 16.9 Å². The van der Waals surface area contributed by atoms with Gasteiger partial charge in [-0.15, -0.1) is 0 Å². The second kappa shape index (κ2) is 4.05. The number of hydrogen-bond acceptors (Lipinski definition) is 2. The Hall–Kier alpha value is -2.10. The van der Waals surface area contributed by atoms with Gasteiger partial charge in [-0.25, -0.2) is 4.98 Å². The standard InChI is InChI=1S/C13H15N3O/c1-4-11(17)16-13(2,3)12-14-9-7-5-6-8-10(9)15-12/h4-8H,1H2,2-3H3,(H,14,15)(H,16,17). The number of nitrogens with one attached hydrogen (secondary N) is 2. The molecule has 1 aromatic carbocycles. The van der Waals surface area contributed by atoms with E-state index in [0.717, 1.165) is 16.9 Å². The molecular weight excluding hydrogens is 214 g/mol. The molecular formula is C13H15N3O. The lowest BCUT2D eigenvalue weighted by molar-refractivity contribution is -0.118. The van der Waals surface area contributed by atoms with Crippen molar-refractivity contribution in [2.24, 2.45) is 0 Å². The lowest BCUT2D eigenvalue weighted by Gasteiger charge is -2.22. The van der Waals surface area contributed by atoms with Gasteiger partial charge in [-0.05, 0) is 32.1 Å². The van der Waals surface area contributed by atoms with Gasteiger partial charge >= 0.3 is 0 Å². The fourth-order valence-electron chi connectivity index (χ4n) is 1.67. The van der Waals surface area contributed by atoms with Crippen molar-refractivity contribution < 1.29 is 4.79 Å². The largest absolute Gasteiger partial charge is 0.340 e. The molecule has 2 N–H and O–H groups in total. The number of benzene rings is 1. The number of H-pyrrole nitrogens is 1. The monoisotopic (exact) mass is 229 g/mol. The number of nitrogens with zero attached hydrogens (tertiary/aromatic N) is 1. The van der Waals surface area contributed by atoms with E-state index in [1.165, 1.54) is 6.08 Å². The topological polar surface area (TPSA) is 57.8 Å². The summed E-state index contributed by atoms with van der Waals surface area (Å²) in [5.41, 5.74) is 1.30.